The molecule has 1 heterocycles. The highest BCUT2D eigenvalue weighted by Crippen LogP contribution is 2.33. The van der Waals surface area contributed by atoms with Crippen LogP contribution in [0.1, 0.15) is 24.0 Å². The van der Waals surface area contributed by atoms with E-state index < -0.39 is 0 Å². The molecule has 7 heteroatoms. The molecule has 3 aromatic rings. The van der Waals surface area contributed by atoms with Crippen LogP contribution in [0.15, 0.2) is 89.8 Å². The van der Waals surface area contributed by atoms with Crippen LogP contribution < -0.4 is 10.1 Å². The predicted octanol–water partition coefficient (Wildman–Crippen LogP) is 5.78. The van der Waals surface area contributed by atoms with E-state index in [9.17, 15) is 9.59 Å². The van der Waals surface area contributed by atoms with E-state index in [-0.39, 0.29) is 11.8 Å². The first kappa shape index (κ1) is 23.7. The molecule has 1 fully saturated rings. The second-order valence-electron chi connectivity index (χ2n) is 7.69. The van der Waals surface area contributed by atoms with E-state index in [1.165, 1.54) is 11.8 Å². The number of nitrogens with one attached hydrogen (secondary N) is 1. The van der Waals surface area contributed by atoms with Crippen LogP contribution in [0.4, 0.5) is 0 Å². The summed E-state index contributed by atoms with van der Waals surface area (Å²) in [5.41, 5.74) is 1.91. The molecule has 0 atom stereocenters. The smallest absolute Gasteiger partial charge is 0.266 e. The van der Waals surface area contributed by atoms with E-state index in [1.807, 2.05) is 91.0 Å². The molecule has 0 radical (unpaired) electrons. The average molecular weight is 489 g/mol. The van der Waals surface area contributed by atoms with Crippen molar-refractivity contribution in [1.29, 1.82) is 0 Å². The first-order valence-corrected chi connectivity index (χ1v) is 12.2. The molecule has 1 aliphatic heterocycles. The summed E-state index contributed by atoms with van der Waals surface area (Å²) in [4.78, 5) is 27.2. The van der Waals surface area contributed by atoms with Gasteiger partial charge in [0.05, 0.1) is 4.91 Å². The summed E-state index contributed by atoms with van der Waals surface area (Å²) in [6.07, 6.45) is 2.70. The van der Waals surface area contributed by atoms with E-state index in [2.05, 4.69) is 5.32 Å². The van der Waals surface area contributed by atoms with E-state index in [0.29, 0.717) is 40.9 Å². The molecule has 3 aromatic carbocycles. The number of para-hydroxylation sites is 1. The molecule has 34 heavy (non-hydrogen) atoms. The number of carbonyl (C=O) groups excluding carboxylic acids is 2. The Balaban J connectivity index is 1.30. The van der Waals surface area contributed by atoms with Crippen LogP contribution in [0.5, 0.6) is 11.5 Å². The number of thioether (sulfide) groups is 1. The monoisotopic (exact) mass is 488 g/mol. The average Bonchev–Trinajstić information content (AvgIpc) is 3.11. The molecule has 0 spiro atoms. The molecule has 0 saturated carbocycles. The van der Waals surface area contributed by atoms with Crippen molar-refractivity contribution in [1.82, 2.24) is 10.2 Å². The molecular weight excluding hydrogens is 464 g/mol. The lowest BCUT2D eigenvalue weighted by Crippen LogP contribution is -2.30. The number of hydrogen-bond acceptors (Lipinski definition) is 5. The van der Waals surface area contributed by atoms with Gasteiger partial charge in [-0.2, -0.15) is 0 Å². The molecule has 1 saturated heterocycles. The molecule has 0 aromatic heterocycles. The van der Waals surface area contributed by atoms with Crippen LogP contribution in [0.25, 0.3) is 6.08 Å². The topological polar surface area (TPSA) is 58.6 Å². The molecule has 172 valence electrons. The maximum Gasteiger partial charge on any atom is 0.266 e. The SMILES string of the molecule is O=C(CCCN1C(=O)/C(=C/c2cccc(Oc3ccccc3)c2)SC1=S)NCc1ccccc1. The van der Waals surface area contributed by atoms with Crippen molar-refractivity contribution < 1.29 is 14.3 Å². The number of hydrogen-bond donors (Lipinski definition) is 1. The van der Waals surface area contributed by atoms with Crippen LogP contribution in [0, 0.1) is 0 Å². The second-order valence-corrected chi connectivity index (χ2v) is 9.36. The first-order valence-electron chi connectivity index (χ1n) is 11.0. The van der Waals surface area contributed by atoms with Crippen molar-refractivity contribution in [2.75, 3.05) is 6.54 Å². The lowest BCUT2D eigenvalue weighted by molar-refractivity contribution is -0.124. The highest BCUT2D eigenvalue weighted by atomic mass is 32.2. The van der Waals surface area contributed by atoms with Crippen molar-refractivity contribution in [3.05, 3.63) is 101 Å². The summed E-state index contributed by atoms with van der Waals surface area (Å²) >= 11 is 6.70. The van der Waals surface area contributed by atoms with Gasteiger partial charge in [0, 0.05) is 19.5 Å². The fraction of sp³-hybridized carbons (Fsp3) is 0.148. The molecular formula is C27H24N2O3S2. The highest BCUT2D eigenvalue weighted by Gasteiger charge is 2.31. The van der Waals surface area contributed by atoms with Crippen molar-refractivity contribution >= 4 is 46.2 Å². The zero-order chi connectivity index (χ0) is 23.8. The van der Waals surface area contributed by atoms with Gasteiger partial charge < -0.3 is 10.1 Å². The Morgan fingerprint density at radius 2 is 1.68 bits per heavy atom. The van der Waals surface area contributed by atoms with Crippen molar-refractivity contribution in [2.45, 2.75) is 19.4 Å². The number of ether oxygens (including phenoxy) is 1. The first-order chi connectivity index (χ1) is 16.6. The summed E-state index contributed by atoms with van der Waals surface area (Å²) < 4.78 is 6.39. The Bertz CT molecular complexity index is 1200. The van der Waals surface area contributed by atoms with Crippen molar-refractivity contribution in [2.24, 2.45) is 0 Å². The van der Waals surface area contributed by atoms with Gasteiger partial charge in [0.2, 0.25) is 5.91 Å². The Morgan fingerprint density at radius 1 is 0.971 bits per heavy atom. The quantitative estimate of drug-likeness (QED) is 0.306. The van der Waals surface area contributed by atoms with Crippen LogP contribution in [-0.2, 0) is 16.1 Å². The lowest BCUT2D eigenvalue weighted by Gasteiger charge is -2.14. The normalized spacial score (nSPS) is 14.5. The lowest BCUT2D eigenvalue weighted by atomic mass is 10.2. The molecule has 5 nitrogen and oxygen atoms in total. The molecule has 2 amide bonds. The third-order valence-corrected chi connectivity index (χ3v) is 6.50. The second kappa shape index (κ2) is 11.6. The van der Waals surface area contributed by atoms with Gasteiger partial charge in [0.25, 0.3) is 5.91 Å². The van der Waals surface area contributed by atoms with Crippen molar-refractivity contribution in [3.63, 3.8) is 0 Å². The van der Waals surface area contributed by atoms with Crippen LogP contribution in [0.2, 0.25) is 0 Å². The number of benzene rings is 3. The molecule has 1 aliphatic rings. The standard InChI is InChI=1S/C27H24N2O3S2/c30-25(28-19-20-9-3-1-4-10-20)15-8-16-29-26(31)24(34-27(29)33)18-21-11-7-14-23(17-21)32-22-12-5-2-6-13-22/h1-7,9-14,17-18H,8,15-16,19H2,(H,28,30)/b24-18-. The maximum atomic E-state index is 12.9. The number of carbonyl (C=O) groups is 2. The van der Waals surface area contributed by atoms with Gasteiger partial charge in [-0.1, -0.05) is 84.6 Å². The van der Waals surface area contributed by atoms with Crippen molar-refractivity contribution in [3.8, 4) is 11.5 Å². The fourth-order valence-corrected chi connectivity index (χ4v) is 4.73. The molecule has 0 aliphatic carbocycles. The van der Waals surface area contributed by atoms with Crippen LogP contribution in [0.3, 0.4) is 0 Å². The predicted molar refractivity (Wildman–Crippen MR) is 140 cm³/mol. The van der Waals surface area contributed by atoms with Gasteiger partial charge in [-0.25, -0.2) is 0 Å². The largest absolute Gasteiger partial charge is 0.457 e. The van der Waals surface area contributed by atoms with Gasteiger partial charge >= 0.3 is 0 Å². The Kier molecular flexibility index (Phi) is 8.12. The molecule has 0 bridgehead atoms. The number of nitrogens with zero attached hydrogens (tertiary/aromatic N) is 1. The minimum atomic E-state index is -0.130. The maximum absolute atomic E-state index is 12.9. The number of amides is 2. The van der Waals surface area contributed by atoms with Gasteiger partial charge in [-0.05, 0) is 47.9 Å². The van der Waals surface area contributed by atoms with Gasteiger partial charge in [0.1, 0.15) is 15.8 Å². The highest BCUT2D eigenvalue weighted by molar-refractivity contribution is 8.26. The number of thiocarbonyl (C=S) groups is 1. The third kappa shape index (κ3) is 6.56. The molecule has 4 rings (SSSR count). The minimum absolute atomic E-state index is 0.0416. The van der Waals surface area contributed by atoms with Crippen LogP contribution >= 0.6 is 24.0 Å². The van der Waals surface area contributed by atoms with E-state index in [4.69, 9.17) is 17.0 Å². The summed E-state index contributed by atoms with van der Waals surface area (Å²) in [6, 6.07) is 26.9. The summed E-state index contributed by atoms with van der Waals surface area (Å²) in [6.45, 7) is 0.911. The minimum Gasteiger partial charge on any atom is -0.457 e. The third-order valence-electron chi connectivity index (χ3n) is 5.13. The fourth-order valence-electron chi connectivity index (χ4n) is 3.42. The summed E-state index contributed by atoms with van der Waals surface area (Å²) in [7, 11) is 0. The Hall–Kier alpha value is -3.42. The summed E-state index contributed by atoms with van der Waals surface area (Å²) in [5, 5.41) is 2.91. The van der Waals surface area contributed by atoms with E-state index in [0.717, 1.165) is 16.9 Å². The molecule has 0 unspecified atom stereocenters. The Labute approximate surface area is 208 Å². The van der Waals surface area contributed by atoms with Gasteiger partial charge in [-0.15, -0.1) is 0 Å². The van der Waals surface area contributed by atoms with E-state index >= 15 is 0 Å². The molecule has 1 N–H and O–H groups in total. The van der Waals surface area contributed by atoms with Crippen LogP contribution in [-0.4, -0.2) is 27.6 Å². The van der Waals surface area contributed by atoms with Gasteiger partial charge in [-0.3, -0.25) is 14.5 Å². The number of rotatable bonds is 9. The summed E-state index contributed by atoms with van der Waals surface area (Å²) in [5.74, 6) is 1.27. The zero-order valence-corrected chi connectivity index (χ0v) is 20.1. The Morgan fingerprint density at radius 3 is 2.44 bits per heavy atom. The van der Waals surface area contributed by atoms with Gasteiger partial charge in [0.15, 0.2) is 0 Å². The van der Waals surface area contributed by atoms with E-state index in [1.54, 1.807) is 4.90 Å². The zero-order valence-electron chi connectivity index (χ0n) is 18.5.